The summed E-state index contributed by atoms with van der Waals surface area (Å²) in [7, 11) is 1.59. The summed E-state index contributed by atoms with van der Waals surface area (Å²) in [5, 5.41) is 0. The highest BCUT2D eigenvalue weighted by Gasteiger charge is 2.36. The highest BCUT2D eigenvalue weighted by molar-refractivity contribution is 6.30. The molecule has 2 aromatic rings. The molecule has 0 N–H and O–H groups in total. The van der Waals surface area contributed by atoms with Gasteiger partial charge in [-0.25, -0.2) is 4.90 Å². The van der Waals surface area contributed by atoms with Crippen molar-refractivity contribution >= 4 is 17.5 Å². The molecule has 4 rings (SSSR count). The third kappa shape index (κ3) is 3.65. The molecular weight excluding hydrogens is 352 g/mol. The van der Waals surface area contributed by atoms with Gasteiger partial charge in [-0.1, -0.05) is 30.3 Å². The van der Waals surface area contributed by atoms with E-state index in [2.05, 4.69) is 29.2 Å². The minimum atomic E-state index is -0.281. The summed E-state index contributed by atoms with van der Waals surface area (Å²) in [5.74, 6) is 0.786. The molecule has 0 radical (unpaired) electrons. The second-order valence-electron chi connectivity index (χ2n) is 7.33. The molecule has 0 bridgehead atoms. The van der Waals surface area contributed by atoms with Gasteiger partial charge in [-0.3, -0.25) is 9.59 Å². The maximum absolute atomic E-state index is 12.9. The molecule has 1 fully saturated rings. The van der Waals surface area contributed by atoms with E-state index in [4.69, 9.17) is 4.74 Å². The van der Waals surface area contributed by atoms with Crippen LogP contribution in [0.25, 0.3) is 0 Å². The van der Waals surface area contributed by atoms with Crippen molar-refractivity contribution in [1.82, 2.24) is 4.90 Å². The Bertz CT molecular complexity index is 882. The van der Waals surface area contributed by atoms with Crippen LogP contribution >= 0.6 is 0 Å². The second-order valence-corrected chi connectivity index (χ2v) is 7.33. The van der Waals surface area contributed by atoms with Crippen molar-refractivity contribution < 1.29 is 14.3 Å². The van der Waals surface area contributed by atoms with Crippen molar-refractivity contribution in [3.8, 4) is 5.75 Å². The van der Waals surface area contributed by atoms with E-state index in [-0.39, 0.29) is 11.8 Å². The predicted octanol–water partition coefficient (Wildman–Crippen LogP) is 3.41. The van der Waals surface area contributed by atoms with Crippen LogP contribution in [0.5, 0.6) is 5.75 Å². The van der Waals surface area contributed by atoms with Crippen LogP contribution in [0.1, 0.15) is 18.4 Å². The lowest BCUT2D eigenvalue weighted by molar-refractivity contribution is -0.121. The number of benzene rings is 2. The molecular formula is C23H24N2O3. The van der Waals surface area contributed by atoms with Gasteiger partial charge in [-0.05, 0) is 55.0 Å². The number of imide groups is 1. The molecule has 144 valence electrons. The number of likely N-dealkylation sites (tertiary alicyclic amines) is 1. The molecule has 2 aliphatic rings. The number of hydrogen-bond donors (Lipinski definition) is 0. The van der Waals surface area contributed by atoms with E-state index in [0.717, 1.165) is 32.4 Å². The first-order valence-electron chi connectivity index (χ1n) is 9.69. The normalized spacial score (nSPS) is 17.8. The SMILES string of the molecule is COc1ccc(N2C(=O)C=C(N3CCC(Cc4ccccc4)CC3)C2=O)cc1. The molecule has 0 unspecified atom stereocenters. The number of piperidine rings is 1. The summed E-state index contributed by atoms with van der Waals surface area (Å²) in [6.45, 7) is 1.61. The molecule has 2 heterocycles. The Morgan fingerprint density at radius 2 is 1.64 bits per heavy atom. The van der Waals surface area contributed by atoms with Gasteiger partial charge in [0.05, 0.1) is 12.8 Å². The van der Waals surface area contributed by atoms with E-state index in [9.17, 15) is 9.59 Å². The minimum absolute atomic E-state index is 0.239. The smallest absolute Gasteiger partial charge is 0.281 e. The Morgan fingerprint density at radius 3 is 2.29 bits per heavy atom. The van der Waals surface area contributed by atoms with Gasteiger partial charge < -0.3 is 9.64 Å². The molecule has 2 aromatic carbocycles. The molecule has 0 saturated carbocycles. The summed E-state index contributed by atoms with van der Waals surface area (Å²) in [4.78, 5) is 28.7. The molecule has 5 heteroatoms. The van der Waals surface area contributed by atoms with Crippen molar-refractivity contribution in [3.05, 3.63) is 71.9 Å². The lowest BCUT2D eigenvalue weighted by Crippen LogP contribution is -2.39. The van der Waals surface area contributed by atoms with Crippen molar-refractivity contribution in [3.63, 3.8) is 0 Å². The molecule has 28 heavy (non-hydrogen) atoms. The van der Waals surface area contributed by atoms with Gasteiger partial charge in [-0.15, -0.1) is 0 Å². The lowest BCUT2D eigenvalue weighted by atomic mass is 9.90. The maximum atomic E-state index is 12.9. The number of hydrogen-bond acceptors (Lipinski definition) is 4. The second kappa shape index (κ2) is 7.89. The molecule has 0 aliphatic carbocycles. The molecule has 0 spiro atoms. The zero-order valence-electron chi connectivity index (χ0n) is 16.0. The highest BCUT2D eigenvalue weighted by Crippen LogP contribution is 2.29. The molecule has 2 amide bonds. The topological polar surface area (TPSA) is 49.9 Å². The molecule has 0 atom stereocenters. The largest absolute Gasteiger partial charge is 0.497 e. The quantitative estimate of drug-likeness (QED) is 0.751. The van der Waals surface area contributed by atoms with E-state index in [1.807, 2.05) is 6.07 Å². The molecule has 1 saturated heterocycles. The number of methoxy groups -OCH3 is 1. The van der Waals surface area contributed by atoms with E-state index < -0.39 is 0 Å². The standard InChI is InChI=1S/C23H24N2O3/c1-28-20-9-7-19(8-10-20)25-22(26)16-21(23(25)27)24-13-11-18(12-14-24)15-17-5-3-2-4-6-17/h2-10,16,18H,11-15H2,1H3. The van der Waals surface area contributed by atoms with Gasteiger partial charge in [-0.2, -0.15) is 0 Å². The average Bonchev–Trinajstić information content (AvgIpc) is 3.03. The van der Waals surface area contributed by atoms with Gasteiger partial charge >= 0.3 is 0 Å². The first-order valence-corrected chi connectivity index (χ1v) is 9.69. The van der Waals surface area contributed by atoms with Crippen LogP contribution in [0.2, 0.25) is 0 Å². The monoisotopic (exact) mass is 376 g/mol. The Kier molecular flexibility index (Phi) is 5.15. The van der Waals surface area contributed by atoms with Gasteiger partial charge in [0.2, 0.25) is 0 Å². The lowest BCUT2D eigenvalue weighted by Gasteiger charge is -2.33. The fraction of sp³-hybridized carbons (Fsp3) is 0.304. The van der Waals surface area contributed by atoms with Crippen molar-refractivity contribution in [1.29, 1.82) is 0 Å². The van der Waals surface area contributed by atoms with E-state index >= 15 is 0 Å². The minimum Gasteiger partial charge on any atom is -0.497 e. The first kappa shape index (κ1) is 18.3. The summed E-state index contributed by atoms with van der Waals surface area (Å²) in [6.07, 6.45) is 4.59. The fourth-order valence-corrected chi connectivity index (χ4v) is 3.99. The van der Waals surface area contributed by atoms with Crippen LogP contribution < -0.4 is 9.64 Å². The maximum Gasteiger partial charge on any atom is 0.281 e. The van der Waals surface area contributed by atoms with Crippen LogP contribution in [-0.4, -0.2) is 36.9 Å². The van der Waals surface area contributed by atoms with E-state index in [1.165, 1.54) is 16.5 Å². The molecule has 0 aromatic heterocycles. The number of anilines is 1. The third-order valence-corrected chi connectivity index (χ3v) is 5.56. The predicted molar refractivity (Wildman–Crippen MR) is 108 cm³/mol. The Morgan fingerprint density at radius 1 is 0.964 bits per heavy atom. The number of rotatable bonds is 5. The van der Waals surface area contributed by atoms with Gasteiger partial charge in [0.15, 0.2) is 0 Å². The third-order valence-electron chi connectivity index (χ3n) is 5.56. The van der Waals surface area contributed by atoms with Gasteiger partial charge in [0, 0.05) is 19.2 Å². The Balaban J connectivity index is 1.39. The van der Waals surface area contributed by atoms with Crippen LogP contribution in [0.15, 0.2) is 66.4 Å². The Hall–Kier alpha value is -3.08. The Labute approximate surface area is 165 Å². The van der Waals surface area contributed by atoms with Crippen LogP contribution in [0, 0.1) is 5.92 Å². The van der Waals surface area contributed by atoms with Crippen LogP contribution in [0.3, 0.4) is 0 Å². The van der Waals surface area contributed by atoms with Gasteiger partial charge in [0.25, 0.3) is 11.8 Å². The zero-order valence-corrected chi connectivity index (χ0v) is 16.0. The number of ether oxygens (including phenoxy) is 1. The van der Waals surface area contributed by atoms with Gasteiger partial charge in [0.1, 0.15) is 11.4 Å². The molecule has 5 nitrogen and oxygen atoms in total. The molecule has 2 aliphatic heterocycles. The van der Waals surface area contributed by atoms with Crippen molar-refractivity contribution in [2.24, 2.45) is 5.92 Å². The number of carbonyl (C=O) groups excluding carboxylic acids is 2. The van der Waals surface area contributed by atoms with E-state index in [1.54, 1.807) is 31.4 Å². The first-order chi connectivity index (χ1) is 13.7. The van der Waals surface area contributed by atoms with Crippen molar-refractivity contribution in [2.75, 3.05) is 25.1 Å². The number of nitrogens with zero attached hydrogens (tertiary/aromatic N) is 2. The van der Waals surface area contributed by atoms with Crippen LogP contribution in [-0.2, 0) is 16.0 Å². The number of amides is 2. The summed E-state index contributed by atoms with van der Waals surface area (Å²) >= 11 is 0. The summed E-state index contributed by atoms with van der Waals surface area (Å²) in [6, 6.07) is 17.5. The number of carbonyl (C=O) groups is 2. The average molecular weight is 376 g/mol. The fourth-order valence-electron chi connectivity index (χ4n) is 3.99. The zero-order chi connectivity index (χ0) is 19.5. The van der Waals surface area contributed by atoms with E-state index in [0.29, 0.717) is 23.1 Å². The summed E-state index contributed by atoms with van der Waals surface area (Å²) in [5.41, 5.74) is 2.44. The van der Waals surface area contributed by atoms with Crippen molar-refractivity contribution in [2.45, 2.75) is 19.3 Å². The summed E-state index contributed by atoms with van der Waals surface area (Å²) < 4.78 is 5.14. The van der Waals surface area contributed by atoms with Crippen LogP contribution in [0.4, 0.5) is 5.69 Å². The highest BCUT2D eigenvalue weighted by atomic mass is 16.5.